The predicted molar refractivity (Wildman–Crippen MR) is 59.3 cm³/mol. The summed E-state index contributed by atoms with van der Waals surface area (Å²) in [6.07, 6.45) is -17.6. The molecule has 0 fully saturated rings. The van der Waals surface area contributed by atoms with Gasteiger partial charge in [0.25, 0.3) is 0 Å². The molecule has 3 nitrogen and oxygen atoms in total. The van der Waals surface area contributed by atoms with E-state index in [1.807, 2.05) is 0 Å². The molecule has 1 aromatic rings. The van der Waals surface area contributed by atoms with Gasteiger partial charge in [-0.05, 0) is 0 Å². The zero-order chi connectivity index (χ0) is 19.0. The van der Waals surface area contributed by atoms with Crippen molar-refractivity contribution < 1.29 is 53.6 Å². The van der Waals surface area contributed by atoms with Crippen molar-refractivity contribution >= 4 is 7.35 Å². The summed E-state index contributed by atoms with van der Waals surface area (Å²) >= 11 is 0. The van der Waals surface area contributed by atoms with E-state index in [1.54, 1.807) is 0 Å². The number of halogens is 9. The van der Waals surface area contributed by atoms with E-state index in [-0.39, 0.29) is 25.3 Å². The minimum atomic E-state index is -6.15. The zero-order valence-electron chi connectivity index (χ0n) is 11.4. The van der Waals surface area contributed by atoms with Gasteiger partial charge in [0.15, 0.2) is 0 Å². The molecule has 0 heterocycles. The Balaban J connectivity index is 3.83. The van der Waals surface area contributed by atoms with Gasteiger partial charge in [-0.1, -0.05) is 0 Å². The summed E-state index contributed by atoms with van der Waals surface area (Å²) in [5.74, 6) is -1.16. The monoisotopic (exact) mass is 368 g/mol. The van der Waals surface area contributed by atoms with E-state index >= 15 is 0 Å². The van der Waals surface area contributed by atoms with Crippen molar-refractivity contribution in [1.82, 2.24) is 0 Å². The van der Waals surface area contributed by atoms with Gasteiger partial charge in [0.05, 0.1) is 0 Å². The Bertz CT molecular complexity index is 592. The maximum atomic E-state index is 13.1. The first-order chi connectivity index (χ1) is 10.7. The summed E-state index contributed by atoms with van der Waals surface area (Å²) in [6, 6.07) is -0.304. The second-order valence-electron chi connectivity index (χ2n) is 4.34. The zero-order valence-corrected chi connectivity index (χ0v) is 11.4. The average molecular weight is 368 g/mol. The Kier molecular flexibility index (Phi) is 5.28. The molecular weight excluding hydrogens is 362 g/mol. The number of ether oxygens (including phenoxy) is 1. The summed E-state index contributed by atoms with van der Waals surface area (Å²) in [4.78, 5) is 0. The van der Waals surface area contributed by atoms with Crippen molar-refractivity contribution in [3.8, 4) is 5.75 Å². The molecule has 0 spiro atoms. The molecule has 0 saturated carbocycles. The number of hydrogen-bond acceptors (Lipinski definition) is 3. The van der Waals surface area contributed by atoms with Gasteiger partial charge in [-0.2, -0.15) is 0 Å². The van der Waals surface area contributed by atoms with Crippen LogP contribution < -0.4 is 4.65 Å². The quantitative estimate of drug-likeness (QED) is 0.595. The number of benzene rings is 1. The molecule has 0 aromatic heterocycles. The second kappa shape index (κ2) is 6.26. The summed E-state index contributed by atoms with van der Waals surface area (Å²) in [5.41, 5.74) is -8.86. The molecule has 24 heavy (non-hydrogen) atoms. The molecule has 13 heteroatoms. The van der Waals surface area contributed by atoms with Gasteiger partial charge in [0, 0.05) is 0 Å². The van der Waals surface area contributed by atoms with E-state index in [2.05, 4.69) is 9.39 Å². The average Bonchev–Trinajstić information content (AvgIpc) is 2.35. The number of methoxy groups -OCH3 is 1. The molecule has 0 aliphatic carbocycles. The third-order valence-electron chi connectivity index (χ3n) is 2.93. The van der Waals surface area contributed by atoms with Crippen LogP contribution in [0.5, 0.6) is 5.75 Å². The van der Waals surface area contributed by atoms with E-state index in [0.29, 0.717) is 0 Å². The van der Waals surface area contributed by atoms with Crippen molar-refractivity contribution in [2.45, 2.75) is 24.1 Å². The van der Waals surface area contributed by atoms with Gasteiger partial charge in [0.2, 0.25) is 0 Å². The van der Waals surface area contributed by atoms with Gasteiger partial charge >= 0.3 is 127 Å². The van der Waals surface area contributed by atoms with E-state index in [0.717, 1.165) is 0 Å². The molecule has 0 bridgehead atoms. The topological polar surface area (TPSA) is 35.5 Å². The molecule has 1 aromatic carbocycles. The summed E-state index contributed by atoms with van der Waals surface area (Å²) < 4.78 is 134. The molecule has 0 aliphatic rings. The van der Waals surface area contributed by atoms with Crippen molar-refractivity contribution in [2.75, 3.05) is 7.11 Å². The van der Waals surface area contributed by atoms with E-state index in [1.165, 1.54) is 0 Å². The van der Waals surface area contributed by atoms with Crippen LogP contribution in [-0.4, -0.2) is 26.8 Å². The van der Waals surface area contributed by atoms with Crippen LogP contribution in [0.15, 0.2) is 18.2 Å². The van der Waals surface area contributed by atoms with Gasteiger partial charge in [-0.3, -0.25) is 0 Å². The maximum absolute atomic E-state index is 13.1. The van der Waals surface area contributed by atoms with Crippen molar-refractivity contribution in [2.24, 2.45) is 0 Å². The van der Waals surface area contributed by atoms with Crippen molar-refractivity contribution in [3.63, 3.8) is 0 Å². The summed E-state index contributed by atoms with van der Waals surface area (Å²) in [7, 11) is -0.406. The van der Waals surface area contributed by atoms with Crippen LogP contribution in [0.2, 0.25) is 0 Å². The number of alkyl halides is 9. The van der Waals surface area contributed by atoms with Gasteiger partial charge < -0.3 is 0 Å². The standard InChI is InChI=1S/C11H6BF9O3/c1-23-8(10(16,17)18,11(19,20)21)5-2-6(9(13,14)15)4-7(3-5)24-12-22/h2-4H,1H3. The molecular formula is C11H6BF9O3. The molecule has 0 radical (unpaired) electrons. The third-order valence-corrected chi connectivity index (χ3v) is 2.93. The second-order valence-corrected chi connectivity index (χ2v) is 4.34. The van der Waals surface area contributed by atoms with Crippen LogP contribution in [0.25, 0.3) is 0 Å². The molecule has 0 atom stereocenters. The first-order valence-electron chi connectivity index (χ1n) is 5.72. The predicted octanol–water partition coefficient (Wildman–Crippen LogP) is 4.02. The van der Waals surface area contributed by atoms with E-state index in [9.17, 15) is 44.2 Å². The molecule has 1 rings (SSSR count). The van der Waals surface area contributed by atoms with Crippen LogP contribution in [0.3, 0.4) is 0 Å². The Hall–Kier alpha value is -1.79. The van der Waals surface area contributed by atoms with Gasteiger partial charge in [-0.25, -0.2) is 0 Å². The first kappa shape index (κ1) is 20.3. The molecule has 0 amide bonds. The normalized spacial score (nSPS) is 13.6. The van der Waals surface area contributed by atoms with Gasteiger partial charge in [0.1, 0.15) is 0 Å². The summed E-state index contributed by atoms with van der Waals surface area (Å²) in [5, 5.41) is 0. The van der Waals surface area contributed by atoms with Crippen LogP contribution in [0.1, 0.15) is 11.1 Å². The van der Waals surface area contributed by atoms with Crippen LogP contribution in [0, 0.1) is 0 Å². The van der Waals surface area contributed by atoms with Crippen molar-refractivity contribution in [1.29, 1.82) is 0 Å². The SMILES string of the molecule is COC(c1cc(OB=O)cc(C(F)(F)F)c1)(C(F)(F)F)C(F)(F)F. The third kappa shape index (κ3) is 3.49. The van der Waals surface area contributed by atoms with E-state index < -0.39 is 48.4 Å². The first-order valence-corrected chi connectivity index (χ1v) is 5.72. The van der Waals surface area contributed by atoms with Crippen molar-refractivity contribution in [3.05, 3.63) is 29.3 Å². The molecule has 134 valence electrons. The number of hydrogen-bond donors (Lipinski definition) is 0. The fourth-order valence-electron chi connectivity index (χ4n) is 1.93. The Morgan fingerprint density at radius 1 is 0.833 bits per heavy atom. The number of rotatable bonds is 4. The van der Waals surface area contributed by atoms with Crippen LogP contribution >= 0.6 is 0 Å². The molecule has 0 saturated heterocycles. The van der Waals surface area contributed by atoms with E-state index in [4.69, 9.17) is 0 Å². The van der Waals surface area contributed by atoms with Crippen LogP contribution in [-0.2, 0) is 21.2 Å². The molecule has 0 aliphatic heterocycles. The molecule has 0 unspecified atom stereocenters. The Morgan fingerprint density at radius 3 is 1.62 bits per heavy atom. The fraction of sp³-hybridized carbons (Fsp3) is 0.455. The Labute approximate surface area is 128 Å². The Morgan fingerprint density at radius 2 is 1.29 bits per heavy atom. The van der Waals surface area contributed by atoms with Gasteiger partial charge in [-0.15, -0.1) is 0 Å². The summed E-state index contributed by atoms with van der Waals surface area (Å²) in [6.45, 7) is 0. The minimum absolute atomic E-state index is 0.00583. The van der Waals surface area contributed by atoms with Crippen LogP contribution in [0.4, 0.5) is 39.5 Å². The molecule has 0 N–H and O–H groups in total. The fourth-order valence-corrected chi connectivity index (χ4v) is 1.93.